The SMILES string of the molecule is CNC(=O)c1c(-c2ccc(F)cc2)oc2cc(N(C)S(C)(=O)=O)c(C(O)CO)cc12.CNC(=O)c1c(-c2ccc(F)cc2)oc2cc(N(C)S(C)(=O)=O)c(C(O)COS(C)(=O)=O)cc12.CS(=O)(=O)Cl. The van der Waals surface area contributed by atoms with Gasteiger partial charge in [0.25, 0.3) is 21.9 Å². The Bertz CT molecular complexity index is 3320. The smallest absolute Gasteiger partial charge is 0.264 e. The fraction of sp³-hybridized carbons (Fsp3) is 0.286. The largest absolute Gasteiger partial charge is 0.455 e. The Labute approximate surface area is 400 Å². The number of aliphatic hydroxyl groups is 3. The van der Waals surface area contributed by atoms with E-state index >= 15 is 0 Å². The number of halogens is 3. The maximum Gasteiger partial charge on any atom is 0.264 e. The highest BCUT2D eigenvalue weighted by molar-refractivity contribution is 8.13. The number of hydrogen-bond donors (Lipinski definition) is 5. The van der Waals surface area contributed by atoms with Crippen LogP contribution in [0.3, 0.4) is 0 Å². The summed E-state index contributed by atoms with van der Waals surface area (Å²) in [4.78, 5) is 25.4. The van der Waals surface area contributed by atoms with Crippen molar-refractivity contribution in [1.82, 2.24) is 10.6 Å². The molecule has 69 heavy (non-hydrogen) atoms. The first kappa shape index (κ1) is 55.9. The van der Waals surface area contributed by atoms with Gasteiger partial charge >= 0.3 is 0 Å². The van der Waals surface area contributed by atoms with Gasteiger partial charge in [0.1, 0.15) is 46.5 Å². The summed E-state index contributed by atoms with van der Waals surface area (Å²) in [6.45, 7) is -1.35. The number of hydrogen-bond acceptors (Lipinski definition) is 16. The maximum atomic E-state index is 13.4. The van der Waals surface area contributed by atoms with E-state index in [-0.39, 0.29) is 61.7 Å². The molecule has 20 nitrogen and oxygen atoms in total. The second-order valence-electron chi connectivity index (χ2n) is 14.9. The van der Waals surface area contributed by atoms with Crippen molar-refractivity contribution in [2.45, 2.75) is 12.2 Å². The number of carbonyl (C=O) groups excluding carboxylic acids is 2. The maximum absolute atomic E-state index is 13.4. The highest BCUT2D eigenvalue weighted by Crippen LogP contribution is 2.41. The average molecular weight is 1070 g/mol. The van der Waals surface area contributed by atoms with Crippen LogP contribution < -0.4 is 19.2 Å². The lowest BCUT2D eigenvalue weighted by molar-refractivity contribution is 0.0955. The van der Waals surface area contributed by atoms with Crippen LogP contribution in [-0.2, 0) is 43.4 Å². The molecule has 376 valence electrons. The lowest BCUT2D eigenvalue weighted by Crippen LogP contribution is -2.27. The fourth-order valence-electron chi connectivity index (χ4n) is 6.42. The van der Waals surface area contributed by atoms with E-state index in [0.717, 1.165) is 33.6 Å². The molecule has 0 aliphatic rings. The van der Waals surface area contributed by atoms with Crippen molar-refractivity contribution in [3.05, 3.63) is 107 Å². The molecule has 0 aliphatic heterocycles. The summed E-state index contributed by atoms with van der Waals surface area (Å²) >= 11 is 0. The molecule has 0 radical (unpaired) electrons. The van der Waals surface area contributed by atoms with Gasteiger partial charge in [0.15, 0.2) is 0 Å². The molecule has 0 spiro atoms. The van der Waals surface area contributed by atoms with Crippen LogP contribution in [0.25, 0.3) is 44.6 Å². The molecule has 6 rings (SSSR count). The van der Waals surface area contributed by atoms with E-state index < -0.39 is 88.1 Å². The van der Waals surface area contributed by atoms with Crippen LogP contribution in [0.1, 0.15) is 44.1 Å². The van der Waals surface area contributed by atoms with E-state index in [1.165, 1.54) is 101 Å². The third-order valence-electron chi connectivity index (χ3n) is 9.80. The zero-order chi connectivity index (χ0) is 52.1. The summed E-state index contributed by atoms with van der Waals surface area (Å²) < 4.78 is 135. The van der Waals surface area contributed by atoms with E-state index in [0.29, 0.717) is 16.5 Å². The molecule has 27 heteroatoms. The van der Waals surface area contributed by atoms with Crippen LogP contribution in [0, 0.1) is 11.6 Å². The number of benzene rings is 4. The van der Waals surface area contributed by atoms with Gasteiger partial charge in [-0.3, -0.25) is 22.4 Å². The number of rotatable bonds is 14. The second-order valence-corrected chi connectivity index (χ2v) is 23.7. The summed E-state index contributed by atoms with van der Waals surface area (Å²) in [5, 5.41) is 36.0. The molecular weight excluding hydrogens is 1020 g/mol. The quantitative estimate of drug-likeness (QED) is 0.0754. The lowest BCUT2D eigenvalue weighted by Gasteiger charge is -2.23. The zero-order valence-electron chi connectivity index (χ0n) is 37.8. The van der Waals surface area contributed by atoms with Gasteiger partial charge in [-0.05, 0) is 60.7 Å². The van der Waals surface area contributed by atoms with Gasteiger partial charge in [-0.25, -0.2) is 34.0 Å². The Morgan fingerprint density at radius 1 is 0.652 bits per heavy atom. The molecule has 2 heterocycles. The number of aliphatic hydroxyl groups excluding tert-OH is 3. The van der Waals surface area contributed by atoms with Crippen molar-refractivity contribution in [3.8, 4) is 22.6 Å². The number of carbonyl (C=O) groups is 2. The first-order chi connectivity index (χ1) is 31.8. The summed E-state index contributed by atoms with van der Waals surface area (Å²) in [5.41, 5.74) is 1.50. The Morgan fingerprint density at radius 2 is 0.986 bits per heavy atom. The van der Waals surface area contributed by atoms with Crippen LogP contribution in [0.15, 0.2) is 81.6 Å². The van der Waals surface area contributed by atoms with Crippen molar-refractivity contribution < 1.29 is 80.4 Å². The monoisotopic (exact) mass is 1060 g/mol. The molecule has 0 bridgehead atoms. The number of furan rings is 2. The third kappa shape index (κ3) is 14.2. The van der Waals surface area contributed by atoms with Crippen LogP contribution in [0.4, 0.5) is 20.2 Å². The third-order valence-corrected chi connectivity index (χ3v) is 12.7. The van der Waals surface area contributed by atoms with Crippen molar-refractivity contribution >= 4 is 95.0 Å². The highest BCUT2D eigenvalue weighted by Gasteiger charge is 2.30. The molecular formula is C42H47ClF2N4O16S4. The normalized spacial score (nSPS) is 12.8. The summed E-state index contributed by atoms with van der Waals surface area (Å²) in [6, 6.07) is 16.0. The molecule has 2 amide bonds. The van der Waals surface area contributed by atoms with Gasteiger partial charge in [-0.15, -0.1) is 0 Å². The molecule has 0 fully saturated rings. The predicted molar refractivity (Wildman–Crippen MR) is 255 cm³/mol. The number of fused-ring (bicyclic) bond motifs is 2. The van der Waals surface area contributed by atoms with E-state index in [1.54, 1.807) is 0 Å². The van der Waals surface area contributed by atoms with Gasteiger partial charge in [0.2, 0.25) is 29.1 Å². The number of sulfonamides is 2. The van der Waals surface area contributed by atoms with Crippen molar-refractivity contribution in [2.75, 3.05) is 75.0 Å². The Morgan fingerprint density at radius 3 is 1.28 bits per heavy atom. The van der Waals surface area contributed by atoms with E-state index in [2.05, 4.69) is 25.5 Å². The van der Waals surface area contributed by atoms with Gasteiger partial charge in [-0.2, -0.15) is 8.42 Å². The van der Waals surface area contributed by atoms with Crippen LogP contribution in [0.5, 0.6) is 0 Å². The summed E-state index contributed by atoms with van der Waals surface area (Å²) in [6.07, 6.45) is 0.710. The van der Waals surface area contributed by atoms with Crippen molar-refractivity contribution in [3.63, 3.8) is 0 Å². The van der Waals surface area contributed by atoms with E-state index in [9.17, 15) is 67.4 Å². The van der Waals surface area contributed by atoms with E-state index in [4.69, 9.17) is 8.83 Å². The number of amides is 2. The first-order valence-electron chi connectivity index (χ1n) is 19.6. The lowest BCUT2D eigenvalue weighted by atomic mass is 10.00. The Hall–Kier alpha value is -5.71. The predicted octanol–water partition coefficient (Wildman–Crippen LogP) is 4.21. The molecule has 0 saturated heterocycles. The van der Waals surface area contributed by atoms with Crippen molar-refractivity contribution in [2.24, 2.45) is 0 Å². The molecule has 4 aromatic carbocycles. The summed E-state index contributed by atoms with van der Waals surface area (Å²) in [5.74, 6) is -1.72. The molecule has 2 unspecified atom stereocenters. The molecule has 5 N–H and O–H groups in total. The average Bonchev–Trinajstić information content (AvgIpc) is 3.83. The minimum atomic E-state index is -3.90. The molecule has 2 aromatic heterocycles. The summed E-state index contributed by atoms with van der Waals surface area (Å²) in [7, 11) is -4.71. The zero-order valence-corrected chi connectivity index (χ0v) is 41.8. The van der Waals surface area contributed by atoms with Crippen LogP contribution >= 0.6 is 10.7 Å². The number of anilines is 2. The van der Waals surface area contributed by atoms with Crippen molar-refractivity contribution in [1.29, 1.82) is 0 Å². The molecule has 6 aromatic rings. The molecule has 0 saturated carbocycles. The van der Waals surface area contributed by atoms with E-state index in [1.807, 2.05) is 0 Å². The topological polar surface area (TPSA) is 297 Å². The Balaban J connectivity index is 0.000000275. The molecule has 2 atom stereocenters. The number of nitrogens with one attached hydrogen (secondary N) is 2. The first-order valence-corrected chi connectivity index (χ1v) is 27.8. The van der Waals surface area contributed by atoms with Gasteiger partial charge < -0.3 is 34.8 Å². The minimum Gasteiger partial charge on any atom is -0.455 e. The fourth-order valence-corrected chi connectivity index (χ4v) is 7.83. The molecule has 0 aliphatic carbocycles. The second kappa shape index (κ2) is 21.9. The van der Waals surface area contributed by atoms with Crippen LogP contribution in [-0.4, -0.2) is 127 Å². The number of nitrogens with zero attached hydrogens (tertiary/aromatic N) is 2. The highest BCUT2D eigenvalue weighted by atomic mass is 35.7. The standard InChI is InChI=1S/C21H23FN2O8S2.C20H21FN2O6S.CH3ClO2S/c1-23-21(26)19-15-9-14(17(25)11-31-34(4,29)30)16(24(2)33(3,27)28)10-18(15)32-20(19)12-5-7-13(22)8-6-12;1-22-20(26)18-14-8-13(16(25)10-24)15(23(2)30(3,27)28)9-17(14)29-19(18)11-4-6-12(21)7-5-11;1-5(2,3)4/h5-10,17,25H,11H2,1-4H3,(H,23,26);4-9,16,24-25H,10H2,1-3H3,(H,22,26);1H3. The van der Waals surface area contributed by atoms with Crippen LogP contribution in [0.2, 0.25) is 0 Å². The van der Waals surface area contributed by atoms with Gasteiger partial charge in [0, 0.05) is 84.0 Å². The van der Waals surface area contributed by atoms with Gasteiger partial charge in [-0.1, -0.05) is 0 Å². The Kier molecular flexibility index (Phi) is 17.8. The van der Waals surface area contributed by atoms with Gasteiger partial charge in [0.05, 0.1) is 60.7 Å². The minimum absolute atomic E-state index is 0.0116.